The topological polar surface area (TPSA) is 40.6 Å². The molecule has 24 heavy (non-hydrogen) atoms. The number of hydrogen-bond acceptors (Lipinski definition) is 4. The number of nitrogens with zero attached hydrogens (tertiary/aromatic N) is 1. The second-order valence-electron chi connectivity index (χ2n) is 5.11. The summed E-state index contributed by atoms with van der Waals surface area (Å²) in [5, 5.41) is 0. The van der Waals surface area contributed by atoms with Crippen molar-refractivity contribution >= 4 is 8.58 Å². The molecule has 1 saturated heterocycles. The summed E-state index contributed by atoms with van der Waals surface area (Å²) >= 11 is 0. The molecule has 1 saturated carbocycles. The molecular weight excluding hydrogens is 321 g/mol. The molecule has 0 amide bonds. The highest BCUT2D eigenvalue weighted by atomic mass is 31.1. The van der Waals surface area contributed by atoms with Crippen molar-refractivity contribution in [2.45, 2.75) is 65.3 Å². The highest BCUT2D eigenvalue weighted by Crippen LogP contribution is 2.36. The lowest BCUT2D eigenvalue weighted by molar-refractivity contribution is -0.186. The van der Waals surface area contributed by atoms with Crippen LogP contribution >= 0.6 is 8.58 Å². The Bertz CT molecular complexity index is 373. The molecule has 0 radical (unpaired) electrons. The summed E-state index contributed by atoms with van der Waals surface area (Å²) in [6.07, 6.45) is 7.62. The van der Waals surface area contributed by atoms with Gasteiger partial charge in [0.2, 0.25) is 0 Å². The van der Waals surface area contributed by atoms with Crippen LogP contribution in [0.25, 0.3) is 0 Å². The third-order valence-corrected chi connectivity index (χ3v) is 3.46. The van der Waals surface area contributed by atoms with Gasteiger partial charge in [0.25, 0.3) is 0 Å². The average molecular weight is 357 g/mol. The van der Waals surface area contributed by atoms with Crippen molar-refractivity contribution in [3.05, 3.63) is 24.5 Å². The average Bonchev–Trinajstić information content (AvgIpc) is 3.11. The molecule has 1 aliphatic heterocycles. The molecule has 5 heteroatoms. The first-order valence-electron chi connectivity index (χ1n) is 9.21. The Labute approximate surface area is 150 Å². The Hall–Kier alpha value is -0.700. The van der Waals surface area contributed by atoms with Crippen LogP contribution in [0, 0.1) is 0 Å². The van der Waals surface area contributed by atoms with Gasteiger partial charge in [-0.05, 0) is 38.3 Å². The molecule has 2 heterocycles. The van der Waals surface area contributed by atoms with Crippen LogP contribution in [0.1, 0.15) is 53.4 Å². The maximum atomic E-state index is 5.91. The molecule has 3 rings (SSSR count). The van der Waals surface area contributed by atoms with E-state index in [0.29, 0.717) is 0 Å². The number of ether oxygens (including phenoxy) is 3. The molecule has 0 aromatic carbocycles. The first-order valence-corrected chi connectivity index (χ1v) is 11.2. The summed E-state index contributed by atoms with van der Waals surface area (Å²) in [4.78, 5) is 3.98. The van der Waals surface area contributed by atoms with Gasteiger partial charge in [0.1, 0.15) is 5.75 Å². The summed E-state index contributed by atoms with van der Waals surface area (Å²) in [6, 6.07) is 3.79. The van der Waals surface area contributed by atoms with E-state index in [1.54, 1.807) is 12.4 Å². The van der Waals surface area contributed by atoms with Crippen molar-refractivity contribution in [3.63, 3.8) is 0 Å². The predicted molar refractivity (Wildman–Crippen MR) is 105 cm³/mol. The van der Waals surface area contributed by atoms with E-state index in [1.807, 2.05) is 39.8 Å². The van der Waals surface area contributed by atoms with Crippen molar-refractivity contribution in [1.29, 1.82) is 0 Å². The molecule has 1 aromatic heterocycles. The Balaban J connectivity index is 0.000000667. The normalized spacial score (nSPS) is 18.2. The van der Waals surface area contributed by atoms with Crippen molar-refractivity contribution in [2.75, 3.05) is 26.5 Å². The van der Waals surface area contributed by atoms with Crippen LogP contribution in [-0.2, 0) is 9.47 Å². The van der Waals surface area contributed by atoms with Crippen LogP contribution in [0.15, 0.2) is 24.5 Å². The van der Waals surface area contributed by atoms with E-state index in [1.165, 1.54) is 0 Å². The molecule has 4 nitrogen and oxygen atoms in total. The molecule has 1 aromatic rings. The Morgan fingerprint density at radius 1 is 1.00 bits per heavy atom. The summed E-state index contributed by atoms with van der Waals surface area (Å²) in [7, 11) is 1.08. The van der Waals surface area contributed by atoms with Crippen molar-refractivity contribution in [1.82, 2.24) is 4.98 Å². The molecule has 0 unspecified atom stereocenters. The van der Waals surface area contributed by atoms with Gasteiger partial charge in [-0.2, -0.15) is 0 Å². The van der Waals surface area contributed by atoms with E-state index in [4.69, 9.17) is 14.2 Å². The van der Waals surface area contributed by atoms with Gasteiger partial charge in [0.05, 0.1) is 19.3 Å². The van der Waals surface area contributed by atoms with Gasteiger partial charge in [-0.25, -0.2) is 0 Å². The van der Waals surface area contributed by atoms with Crippen molar-refractivity contribution in [2.24, 2.45) is 0 Å². The van der Waals surface area contributed by atoms with E-state index >= 15 is 0 Å². The Kier molecular flexibility index (Phi) is 14.2. The number of pyridine rings is 1. The zero-order valence-electron chi connectivity index (χ0n) is 16.3. The lowest BCUT2D eigenvalue weighted by Crippen LogP contribution is -2.38. The van der Waals surface area contributed by atoms with Crippen LogP contribution in [-0.4, -0.2) is 43.4 Å². The Morgan fingerprint density at radius 2 is 1.46 bits per heavy atom. The van der Waals surface area contributed by atoms with Gasteiger partial charge in [-0.3, -0.25) is 4.98 Å². The standard InChI is InChI=1S/C13H17NO3.C2H7P.2C2H6/c1-5-13(15-9-10-16-13)6-2-11(1)17-12-3-7-14-8-4-12;1-3-2;2*1-2/h3-4,7-8,11H,1-2,5-6,9-10H2;3H,1-2H3;2*1-2H3. The van der Waals surface area contributed by atoms with Crippen molar-refractivity contribution < 1.29 is 14.2 Å². The fourth-order valence-electron chi connectivity index (χ4n) is 2.54. The summed E-state index contributed by atoms with van der Waals surface area (Å²) in [6.45, 7) is 13.8. The summed E-state index contributed by atoms with van der Waals surface area (Å²) in [5.41, 5.74) is 0. The molecule has 0 atom stereocenters. The Morgan fingerprint density at radius 3 is 1.92 bits per heavy atom. The fraction of sp³-hybridized carbons (Fsp3) is 0.737. The first-order chi connectivity index (χ1) is 11.8. The van der Waals surface area contributed by atoms with Crippen LogP contribution in [0.3, 0.4) is 0 Å². The molecule has 2 aliphatic rings. The van der Waals surface area contributed by atoms with Crippen LogP contribution in [0.4, 0.5) is 0 Å². The van der Waals surface area contributed by atoms with E-state index in [9.17, 15) is 0 Å². The second-order valence-corrected chi connectivity index (χ2v) is 6.11. The van der Waals surface area contributed by atoms with Crippen LogP contribution < -0.4 is 4.74 Å². The lowest BCUT2D eigenvalue weighted by atomic mass is 9.92. The minimum atomic E-state index is -0.294. The number of hydrogen-bond donors (Lipinski definition) is 0. The van der Waals surface area contributed by atoms with Gasteiger partial charge in [0, 0.05) is 25.2 Å². The largest absolute Gasteiger partial charge is 0.490 e. The second kappa shape index (κ2) is 14.6. The monoisotopic (exact) mass is 357 g/mol. The minimum absolute atomic E-state index is 0.274. The van der Waals surface area contributed by atoms with E-state index < -0.39 is 0 Å². The number of rotatable bonds is 2. The lowest BCUT2D eigenvalue weighted by Gasteiger charge is -2.35. The molecular formula is C19H36NO3P. The minimum Gasteiger partial charge on any atom is -0.490 e. The van der Waals surface area contributed by atoms with E-state index in [0.717, 1.165) is 53.2 Å². The van der Waals surface area contributed by atoms with Crippen molar-refractivity contribution in [3.8, 4) is 5.75 Å². The smallest absolute Gasteiger partial charge is 0.168 e. The van der Waals surface area contributed by atoms with Crippen LogP contribution in [0.5, 0.6) is 5.75 Å². The third kappa shape index (κ3) is 8.41. The molecule has 140 valence electrons. The highest BCUT2D eigenvalue weighted by molar-refractivity contribution is 7.35. The van der Waals surface area contributed by atoms with Gasteiger partial charge in [-0.1, -0.05) is 27.7 Å². The highest BCUT2D eigenvalue weighted by Gasteiger charge is 2.40. The maximum Gasteiger partial charge on any atom is 0.168 e. The zero-order valence-corrected chi connectivity index (χ0v) is 17.3. The first kappa shape index (κ1) is 23.3. The van der Waals surface area contributed by atoms with Gasteiger partial charge >= 0.3 is 0 Å². The summed E-state index contributed by atoms with van der Waals surface area (Å²) in [5.74, 6) is 0.604. The van der Waals surface area contributed by atoms with Gasteiger partial charge in [-0.15, -0.1) is 8.58 Å². The molecule has 1 spiro atoms. The number of aromatic nitrogens is 1. The fourth-order valence-corrected chi connectivity index (χ4v) is 2.54. The molecule has 0 N–H and O–H groups in total. The zero-order chi connectivity index (χ0) is 18.3. The SMILES string of the molecule is CC.CC.CPC.c1cc(OC2CCC3(CC2)OCCO3)ccn1. The third-order valence-electron chi connectivity index (χ3n) is 3.46. The van der Waals surface area contributed by atoms with Crippen LogP contribution in [0.2, 0.25) is 0 Å². The molecule has 2 fully saturated rings. The molecule has 0 bridgehead atoms. The molecule has 1 aliphatic carbocycles. The van der Waals surface area contributed by atoms with E-state index in [2.05, 4.69) is 18.3 Å². The van der Waals surface area contributed by atoms with E-state index in [-0.39, 0.29) is 11.9 Å². The predicted octanol–water partition coefficient (Wildman–Crippen LogP) is 5.12. The van der Waals surface area contributed by atoms with Gasteiger partial charge < -0.3 is 14.2 Å². The summed E-state index contributed by atoms with van der Waals surface area (Å²) < 4.78 is 17.3. The van der Waals surface area contributed by atoms with Gasteiger partial charge in [0.15, 0.2) is 5.79 Å². The maximum absolute atomic E-state index is 5.91. The quantitative estimate of drug-likeness (QED) is 0.689.